The van der Waals surface area contributed by atoms with Gasteiger partial charge in [-0.1, -0.05) is 38.7 Å². The number of carbonyl (C=O) groups is 3. The largest absolute Gasteiger partial charge is 0.467 e. The number of anilines is 1. The average molecular weight is 477 g/mol. The molecular formula is C25H37FN4O4. The number of esters is 1. The van der Waals surface area contributed by atoms with Crippen molar-refractivity contribution < 1.29 is 23.5 Å². The molecule has 2 aliphatic rings. The number of rotatable bonds is 8. The number of hydrogen-bond acceptors (Lipinski definition) is 5. The van der Waals surface area contributed by atoms with Gasteiger partial charge in [-0.05, 0) is 49.3 Å². The molecule has 0 aliphatic heterocycles. The van der Waals surface area contributed by atoms with Crippen LogP contribution in [0.15, 0.2) is 18.2 Å². The lowest BCUT2D eigenvalue weighted by atomic mass is 9.91. The highest BCUT2D eigenvalue weighted by atomic mass is 19.1. The van der Waals surface area contributed by atoms with Gasteiger partial charge >= 0.3 is 12.0 Å². The van der Waals surface area contributed by atoms with E-state index in [1.807, 2.05) is 0 Å². The van der Waals surface area contributed by atoms with Crippen molar-refractivity contribution in [2.24, 2.45) is 11.7 Å². The second kappa shape index (κ2) is 11.6. The van der Waals surface area contributed by atoms with Crippen LogP contribution in [0.4, 0.5) is 14.9 Å². The van der Waals surface area contributed by atoms with Crippen LogP contribution in [0, 0.1) is 11.7 Å². The molecule has 2 fully saturated rings. The van der Waals surface area contributed by atoms with Crippen LogP contribution in [0.2, 0.25) is 0 Å². The van der Waals surface area contributed by atoms with Gasteiger partial charge in [-0.25, -0.2) is 14.0 Å². The van der Waals surface area contributed by atoms with E-state index in [9.17, 15) is 18.8 Å². The highest BCUT2D eigenvalue weighted by Gasteiger charge is 2.34. The number of benzene rings is 1. The predicted octanol–water partition coefficient (Wildman–Crippen LogP) is 3.51. The number of hydrogen-bond donors (Lipinski definition) is 3. The molecule has 9 heteroatoms. The first-order chi connectivity index (χ1) is 16.2. The molecule has 0 spiro atoms. The predicted molar refractivity (Wildman–Crippen MR) is 128 cm³/mol. The lowest BCUT2D eigenvalue weighted by molar-refractivity contribution is -0.143. The smallest absolute Gasteiger partial charge is 0.329 e. The molecule has 8 nitrogen and oxygen atoms in total. The molecule has 3 amide bonds. The molecule has 0 saturated heterocycles. The summed E-state index contributed by atoms with van der Waals surface area (Å²) in [6.07, 6.45) is 8.11. The number of nitrogens with zero attached hydrogens (tertiary/aromatic N) is 1. The van der Waals surface area contributed by atoms with E-state index in [0.717, 1.165) is 51.4 Å². The SMILES string of the molecule is COC(=O)[C@H](NC(=O)N(C)C1CC1)[C@@H](C)c1ccc(NC(=O)[C@@H](N)C2CCCCCC2)c(F)c1. The Morgan fingerprint density at radius 1 is 1.12 bits per heavy atom. The van der Waals surface area contributed by atoms with Gasteiger partial charge in [0.25, 0.3) is 0 Å². The molecule has 2 saturated carbocycles. The molecule has 34 heavy (non-hydrogen) atoms. The zero-order valence-electron chi connectivity index (χ0n) is 20.3. The summed E-state index contributed by atoms with van der Waals surface area (Å²) in [5, 5.41) is 5.33. The van der Waals surface area contributed by atoms with E-state index < -0.39 is 35.7 Å². The molecule has 3 atom stereocenters. The van der Waals surface area contributed by atoms with Crippen molar-refractivity contribution in [3.63, 3.8) is 0 Å². The number of methoxy groups -OCH3 is 1. The standard InChI is InChI=1S/C25H37FN4O4/c1-15(22(24(32)34-3)29-25(33)30(2)18-11-12-18)17-10-13-20(19(26)14-17)28-23(31)21(27)16-8-6-4-5-7-9-16/h10,13-16,18,21-22H,4-9,11-12,27H2,1-3H3,(H,28,31)(H,29,33)/t15-,21-,22+/m0/s1. The zero-order chi connectivity index (χ0) is 24.8. The molecule has 188 valence electrons. The van der Waals surface area contributed by atoms with E-state index in [2.05, 4.69) is 10.6 Å². The zero-order valence-corrected chi connectivity index (χ0v) is 20.3. The second-order valence-corrected chi connectivity index (χ2v) is 9.59. The Kier molecular flexibility index (Phi) is 8.88. The number of halogens is 1. The van der Waals surface area contributed by atoms with Crippen molar-refractivity contribution in [1.29, 1.82) is 0 Å². The summed E-state index contributed by atoms with van der Waals surface area (Å²) in [4.78, 5) is 39.1. The molecule has 3 rings (SSSR count). The van der Waals surface area contributed by atoms with Crippen LogP contribution in [-0.2, 0) is 14.3 Å². The van der Waals surface area contributed by atoms with Crippen LogP contribution in [-0.4, -0.2) is 55.1 Å². The minimum absolute atomic E-state index is 0.0390. The summed E-state index contributed by atoms with van der Waals surface area (Å²) in [7, 11) is 2.93. The van der Waals surface area contributed by atoms with Crippen molar-refractivity contribution in [2.75, 3.05) is 19.5 Å². The Labute approximate surface area is 200 Å². The summed E-state index contributed by atoms with van der Waals surface area (Å²) in [5.74, 6) is -2.10. The van der Waals surface area contributed by atoms with Gasteiger partial charge in [0.15, 0.2) is 0 Å². The fourth-order valence-electron chi connectivity index (χ4n) is 4.59. The molecule has 0 heterocycles. The van der Waals surface area contributed by atoms with Crippen LogP contribution < -0.4 is 16.4 Å². The first kappa shape index (κ1) is 25.9. The van der Waals surface area contributed by atoms with E-state index in [4.69, 9.17) is 10.5 Å². The molecule has 0 bridgehead atoms. The van der Waals surface area contributed by atoms with Crippen LogP contribution in [0.5, 0.6) is 0 Å². The third-order valence-electron chi connectivity index (χ3n) is 7.14. The van der Waals surface area contributed by atoms with E-state index in [1.54, 1.807) is 24.9 Å². The van der Waals surface area contributed by atoms with Crippen molar-refractivity contribution in [1.82, 2.24) is 10.2 Å². The quantitative estimate of drug-likeness (QED) is 0.392. The van der Waals surface area contributed by atoms with Crippen LogP contribution >= 0.6 is 0 Å². The van der Waals surface area contributed by atoms with Gasteiger partial charge in [0.2, 0.25) is 5.91 Å². The van der Waals surface area contributed by atoms with Gasteiger partial charge in [-0.15, -0.1) is 0 Å². The highest BCUT2D eigenvalue weighted by molar-refractivity contribution is 5.95. The molecular weight excluding hydrogens is 439 g/mol. The molecule has 2 aliphatic carbocycles. The summed E-state index contributed by atoms with van der Waals surface area (Å²) in [6.45, 7) is 1.72. The number of carbonyl (C=O) groups excluding carboxylic acids is 3. The molecule has 0 aromatic heterocycles. The van der Waals surface area contributed by atoms with Gasteiger partial charge in [0.1, 0.15) is 11.9 Å². The summed E-state index contributed by atoms with van der Waals surface area (Å²) < 4.78 is 19.8. The summed E-state index contributed by atoms with van der Waals surface area (Å²) >= 11 is 0. The van der Waals surface area contributed by atoms with Crippen molar-refractivity contribution >= 4 is 23.6 Å². The van der Waals surface area contributed by atoms with E-state index in [0.29, 0.717) is 5.56 Å². The number of urea groups is 1. The molecule has 0 unspecified atom stereocenters. The van der Waals surface area contributed by atoms with Crippen LogP contribution in [0.25, 0.3) is 0 Å². The second-order valence-electron chi connectivity index (χ2n) is 9.59. The van der Waals surface area contributed by atoms with E-state index in [-0.39, 0.29) is 23.7 Å². The van der Waals surface area contributed by atoms with Gasteiger partial charge in [-0.3, -0.25) is 4.79 Å². The summed E-state index contributed by atoms with van der Waals surface area (Å²) in [6, 6.07) is 2.50. The van der Waals surface area contributed by atoms with Crippen LogP contribution in [0.3, 0.4) is 0 Å². The normalized spacial score (nSPS) is 19.3. The maximum atomic E-state index is 14.9. The number of amides is 3. The van der Waals surface area contributed by atoms with E-state index >= 15 is 0 Å². The minimum atomic E-state index is -0.984. The first-order valence-electron chi connectivity index (χ1n) is 12.2. The Balaban J connectivity index is 1.68. The molecule has 1 aromatic carbocycles. The number of ether oxygens (including phenoxy) is 1. The third kappa shape index (κ3) is 6.46. The Hall–Kier alpha value is -2.68. The van der Waals surface area contributed by atoms with Gasteiger partial charge in [0, 0.05) is 19.0 Å². The van der Waals surface area contributed by atoms with Crippen molar-refractivity contribution in [3.8, 4) is 0 Å². The van der Waals surface area contributed by atoms with Crippen LogP contribution in [0.1, 0.15) is 69.8 Å². The number of nitrogens with two attached hydrogens (primary N) is 1. The van der Waals surface area contributed by atoms with Gasteiger partial charge in [-0.2, -0.15) is 0 Å². The van der Waals surface area contributed by atoms with Crippen molar-refractivity contribution in [3.05, 3.63) is 29.6 Å². The lowest BCUT2D eigenvalue weighted by Gasteiger charge is -2.26. The Morgan fingerprint density at radius 2 is 1.76 bits per heavy atom. The van der Waals surface area contributed by atoms with E-state index in [1.165, 1.54) is 19.2 Å². The number of nitrogens with one attached hydrogen (secondary N) is 2. The average Bonchev–Trinajstić information content (AvgIpc) is 3.69. The fourth-order valence-corrected chi connectivity index (χ4v) is 4.59. The van der Waals surface area contributed by atoms with Gasteiger partial charge in [0.05, 0.1) is 18.8 Å². The third-order valence-corrected chi connectivity index (χ3v) is 7.14. The Morgan fingerprint density at radius 3 is 2.32 bits per heavy atom. The maximum absolute atomic E-state index is 14.9. The maximum Gasteiger partial charge on any atom is 0.329 e. The topological polar surface area (TPSA) is 114 Å². The van der Waals surface area contributed by atoms with Crippen molar-refractivity contribution in [2.45, 2.75) is 82.3 Å². The minimum Gasteiger partial charge on any atom is -0.467 e. The van der Waals surface area contributed by atoms with Gasteiger partial charge < -0.3 is 26.0 Å². The first-order valence-corrected chi connectivity index (χ1v) is 12.2. The fraction of sp³-hybridized carbons (Fsp3) is 0.640. The molecule has 4 N–H and O–H groups in total. The Bertz CT molecular complexity index is 884. The molecule has 0 radical (unpaired) electrons. The lowest BCUT2D eigenvalue weighted by Crippen LogP contribution is -2.50. The monoisotopic (exact) mass is 476 g/mol. The highest BCUT2D eigenvalue weighted by Crippen LogP contribution is 2.28. The summed E-state index contributed by atoms with van der Waals surface area (Å²) in [5.41, 5.74) is 6.72. The molecule has 1 aromatic rings.